The van der Waals surface area contributed by atoms with Gasteiger partial charge in [-0.3, -0.25) is 9.10 Å². The number of hydrogen-bond acceptors (Lipinski definition) is 5. The first-order valence-electron chi connectivity index (χ1n) is 8.50. The standard InChI is InChI=1S/C19H19F3N2O5S/c1-12(17(25)23-15-8-4-6-13(10-15)18(26)29-2)24(30(3,27)28)16-9-5-7-14(11-16)19(20,21)22/h4-12H,1-3H3,(H,23,25). The van der Waals surface area contributed by atoms with E-state index in [1.807, 2.05) is 0 Å². The van der Waals surface area contributed by atoms with Crippen molar-refractivity contribution in [3.05, 3.63) is 59.7 Å². The lowest BCUT2D eigenvalue weighted by Gasteiger charge is -2.28. The smallest absolute Gasteiger partial charge is 0.416 e. The van der Waals surface area contributed by atoms with Gasteiger partial charge in [-0.1, -0.05) is 12.1 Å². The van der Waals surface area contributed by atoms with E-state index in [1.165, 1.54) is 38.3 Å². The highest BCUT2D eigenvalue weighted by Crippen LogP contribution is 2.33. The number of halogens is 3. The number of methoxy groups -OCH3 is 1. The average Bonchev–Trinajstić information content (AvgIpc) is 2.66. The molecule has 0 bridgehead atoms. The number of hydrogen-bond donors (Lipinski definition) is 1. The Labute approximate surface area is 171 Å². The van der Waals surface area contributed by atoms with Gasteiger partial charge < -0.3 is 10.1 Å². The van der Waals surface area contributed by atoms with Crippen LogP contribution >= 0.6 is 0 Å². The zero-order valence-electron chi connectivity index (χ0n) is 16.2. The minimum Gasteiger partial charge on any atom is -0.465 e. The predicted molar refractivity (Wildman–Crippen MR) is 105 cm³/mol. The van der Waals surface area contributed by atoms with Gasteiger partial charge in [0.2, 0.25) is 15.9 Å². The minimum absolute atomic E-state index is 0.154. The van der Waals surface area contributed by atoms with E-state index in [4.69, 9.17) is 0 Å². The number of rotatable bonds is 6. The Balaban J connectivity index is 2.36. The molecule has 1 unspecified atom stereocenters. The van der Waals surface area contributed by atoms with E-state index in [1.54, 1.807) is 0 Å². The molecule has 2 aromatic carbocycles. The van der Waals surface area contributed by atoms with Gasteiger partial charge in [-0.15, -0.1) is 0 Å². The normalized spacial score (nSPS) is 12.7. The molecule has 0 aromatic heterocycles. The maximum atomic E-state index is 13.0. The summed E-state index contributed by atoms with van der Waals surface area (Å²) in [6.45, 7) is 1.24. The van der Waals surface area contributed by atoms with Crippen molar-refractivity contribution < 1.29 is 35.9 Å². The monoisotopic (exact) mass is 444 g/mol. The summed E-state index contributed by atoms with van der Waals surface area (Å²) in [6, 6.07) is 8.01. The molecule has 0 fully saturated rings. The molecule has 0 saturated heterocycles. The predicted octanol–water partition coefficient (Wildman–Crippen LogP) is 3.29. The molecular formula is C19H19F3N2O5S. The van der Waals surface area contributed by atoms with Crippen LogP contribution in [0.4, 0.5) is 24.5 Å². The van der Waals surface area contributed by atoms with Gasteiger partial charge in [-0.2, -0.15) is 13.2 Å². The van der Waals surface area contributed by atoms with Gasteiger partial charge in [-0.25, -0.2) is 13.2 Å². The van der Waals surface area contributed by atoms with Crippen molar-refractivity contribution in [3.8, 4) is 0 Å². The molecule has 1 atom stereocenters. The van der Waals surface area contributed by atoms with Crippen LogP contribution in [-0.2, 0) is 25.7 Å². The van der Waals surface area contributed by atoms with Crippen LogP contribution in [0.1, 0.15) is 22.8 Å². The van der Waals surface area contributed by atoms with Crippen LogP contribution in [0, 0.1) is 0 Å². The van der Waals surface area contributed by atoms with Crippen molar-refractivity contribution in [2.75, 3.05) is 23.0 Å². The summed E-state index contributed by atoms with van der Waals surface area (Å²) >= 11 is 0. The molecule has 0 aliphatic rings. The Morgan fingerprint density at radius 3 is 2.30 bits per heavy atom. The zero-order valence-corrected chi connectivity index (χ0v) is 17.0. The van der Waals surface area contributed by atoms with Crippen molar-refractivity contribution >= 4 is 33.3 Å². The first-order chi connectivity index (χ1) is 13.8. The highest BCUT2D eigenvalue weighted by molar-refractivity contribution is 7.92. The molecule has 0 aliphatic heterocycles. The van der Waals surface area contributed by atoms with Gasteiger partial charge in [0.1, 0.15) is 6.04 Å². The molecule has 0 heterocycles. The number of nitrogens with zero attached hydrogens (tertiary/aromatic N) is 1. The Bertz CT molecular complexity index is 1050. The Morgan fingerprint density at radius 1 is 1.10 bits per heavy atom. The van der Waals surface area contributed by atoms with Gasteiger partial charge in [0.25, 0.3) is 0 Å². The number of carbonyl (C=O) groups is 2. The molecule has 2 aromatic rings. The van der Waals surface area contributed by atoms with Crippen LogP contribution in [0.15, 0.2) is 48.5 Å². The number of esters is 1. The minimum atomic E-state index is -4.68. The van der Waals surface area contributed by atoms with E-state index in [-0.39, 0.29) is 16.9 Å². The van der Waals surface area contributed by atoms with E-state index < -0.39 is 39.7 Å². The second-order valence-electron chi connectivity index (χ2n) is 6.34. The van der Waals surface area contributed by atoms with E-state index >= 15 is 0 Å². The Hall–Kier alpha value is -3.08. The first-order valence-corrected chi connectivity index (χ1v) is 10.4. The summed E-state index contributed by atoms with van der Waals surface area (Å²) in [4.78, 5) is 24.3. The number of ether oxygens (including phenoxy) is 1. The van der Waals surface area contributed by atoms with Crippen LogP contribution < -0.4 is 9.62 Å². The van der Waals surface area contributed by atoms with Crippen LogP contribution in [0.2, 0.25) is 0 Å². The van der Waals surface area contributed by atoms with E-state index in [0.29, 0.717) is 10.4 Å². The van der Waals surface area contributed by atoms with Crippen LogP contribution in [0.5, 0.6) is 0 Å². The largest absolute Gasteiger partial charge is 0.465 e. The fraction of sp³-hybridized carbons (Fsp3) is 0.263. The number of nitrogens with one attached hydrogen (secondary N) is 1. The summed E-state index contributed by atoms with van der Waals surface area (Å²) in [6.07, 6.45) is -3.89. The second-order valence-corrected chi connectivity index (χ2v) is 8.20. The number of carbonyl (C=O) groups excluding carboxylic acids is 2. The summed E-state index contributed by atoms with van der Waals surface area (Å²) in [5.74, 6) is -1.44. The first kappa shape index (κ1) is 23.2. The van der Waals surface area contributed by atoms with Crippen molar-refractivity contribution in [3.63, 3.8) is 0 Å². The summed E-state index contributed by atoms with van der Waals surface area (Å²) in [5.41, 5.74) is -1.02. The Morgan fingerprint density at radius 2 is 1.73 bits per heavy atom. The number of sulfonamides is 1. The van der Waals surface area contributed by atoms with Gasteiger partial charge >= 0.3 is 12.1 Å². The fourth-order valence-corrected chi connectivity index (χ4v) is 3.88. The highest BCUT2D eigenvalue weighted by Gasteiger charge is 2.34. The Kier molecular flexibility index (Phi) is 6.76. The molecule has 162 valence electrons. The molecule has 11 heteroatoms. The fourth-order valence-electron chi connectivity index (χ4n) is 2.72. The number of benzene rings is 2. The molecule has 0 aliphatic carbocycles. The van der Waals surface area contributed by atoms with Gasteiger partial charge in [-0.05, 0) is 43.3 Å². The summed E-state index contributed by atoms with van der Waals surface area (Å²) in [5, 5.41) is 2.45. The number of alkyl halides is 3. The quantitative estimate of drug-likeness (QED) is 0.691. The van der Waals surface area contributed by atoms with Crippen LogP contribution in [0.25, 0.3) is 0 Å². The van der Waals surface area contributed by atoms with Gasteiger partial charge in [0.15, 0.2) is 0 Å². The van der Waals surface area contributed by atoms with Crippen molar-refractivity contribution in [2.24, 2.45) is 0 Å². The lowest BCUT2D eigenvalue weighted by molar-refractivity contribution is -0.137. The van der Waals surface area contributed by atoms with Crippen LogP contribution in [-0.4, -0.2) is 39.7 Å². The van der Waals surface area contributed by atoms with Crippen LogP contribution in [0.3, 0.4) is 0 Å². The molecule has 1 N–H and O–H groups in total. The third-order valence-electron chi connectivity index (χ3n) is 4.07. The molecular weight excluding hydrogens is 425 g/mol. The maximum Gasteiger partial charge on any atom is 0.416 e. The maximum absolute atomic E-state index is 13.0. The third-order valence-corrected chi connectivity index (χ3v) is 5.31. The SMILES string of the molecule is COC(=O)c1cccc(NC(=O)C(C)N(c2cccc(C(F)(F)F)c2)S(C)(=O)=O)c1. The molecule has 1 amide bonds. The summed E-state index contributed by atoms with van der Waals surface area (Å²) < 4.78 is 68.8. The second kappa shape index (κ2) is 8.74. The number of amides is 1. The van der Waals surface area contributed by atoms with E-state index in [2.05, 4.69) is 10.1 Å². The lowest BCUT2D eigenvalue weighted by Crippen LogP contribution is -2.45. The molecule has 0 radical (unpaired) electrons. The average molecular weight is 444 g/mol. The van der Waals surface area contributed by atoms with Gasteiger partial charge in [0.05, 0.1) is 30.2 Å². The van der Waals surface area contributed by atoms with E-state index in [0.717, 1.165) is 24.5 Å². The van der Waals surface area contributed by atoms with Crippen molar-refractivity contribution in [1.29, 1.82) is 0 Å². The van der Waals surface area contributed by atoms with Crippen molar-refractivity contribution in [1.82, 2.24) is 0 Å². The van der Waals surface area contributed by atoms with Crippen molar-refractivity contribution in [2.45, 2.75) is 19.1 Å². The number of anilines is 2. The zero-order chi connectivity index (χ0) is 22.7. The molecule has 0 spiro atoms. The molecule has 2 rings (SSSR count). The van der Waals surface area contributed by atoms with Gasteiger partial charge in [0, 0.05) is 5.69 Å². The van der Waals surface area contributed by atoms with E-state index in [9.17, 15) is 31.2 Å². The molecule has 30 heavy (non-hydrogen) atoms. The summed E-state index contributed by atoms with van der Waals surface area (Å²) in [7, 11) is -2.92. The molecule has 0 saturated carbocycles. The molecule has 7 nitrogen and oxygen atoms in total. The lowest BCUT2D eigenvalue weighted by atomic mass is 10.1. The third kappa shape index (κ3) is 5.50. The topological polar surface area (TPSA) is 92.8 Å². The highest BCUT2D eigenvalue weighted by atomic mass is 32.2.